The molecule has 0 aliphatic carbocycles. The van der Waals surface area contributed by atoms with Crippen LogP contribution in [-0.4, -0.2) is 31.5 Å². The zero-order chi connectivity index (χ0) is 15.7. The molecule has 0 heterocycles. The standard InChI is InChI=1S/C16H25ClN2O2.ClH/c1-19(16(20)7-5-3-4-6-10-18)12-13-11-14(17)8-9-15(13)21-2;/h8-9,11H,3-7,10,12,18H2,1-2H3;1H. The SMILES string of the molecule is COc1ccc(Cl)cc1CN(C)C(=O)CCCCCCN.Cl. The highest BCUT2D eigenvalue weighted by Crippen LogP contribution is 2.24. The quantitative estimate of drug-likeness (QED) is 0.693. The van der Waals surface area contributed by atoms with Crippen LogP contribution in [0.1, 0.15) is 37.7 Å². The molecular weight excluding hydrogens is 323 g/mol. The number of unbranched alkanes of at least 4 members (excludes halogenated alkanes) is 3. The highest BCUT2D eigenvalue weighted by atomic mass is 35.5. The van der Waals surface area contributed by atoms with Crippen molar-refractivity contribution in [2.45, 2.75) is 38.6 Å². The van der Waals surface area contributed by atoms with Gasteiger partial charge in [0.05, 0.1) is 7.11 Å². The number of nitrogens with zero attached hydrogens (tertiary/aromatic N) is 1. The summed E-state index contributed by atoms with van der Waals surface area (Å²) >= 11 is 6.00. The van der Waals surface area contributed by atoms with Crippen molar-refractivity contribution in [1.29, 1.82) is 0 Å². The van der Waals surface area contributed by atoms with Crippen LogP contribution in [0.4, 0.5) is 0 Å². The minimum atomic E-state index is 0. The summed E-state index contributed by atoms with van der Waals surface area (Å²) in [5, 5.41) is 0.647. The van der Waals surface area contributed by atoms with Gasteiger partial charge in [-0.05, 0) is 37.6 Å². The smallest absolute Gasteiger partial charge is 0.222 e. The molecular formula is C16H26Cl2N2O2. The lowest BCUT2D eigenvalue weighted by Gasteiger charge is -2.19. The molecule has 0 aliphatic heterocycles. The van der Waals surface area contributed by atoms with Crippen LogP contribution in [0.3, 0.4) is 0 Å². The van der Waals surface area contributed by atoms with Gasteiger partial charge in [0.1, 0.15) is 5.75 Å². The van der Waals surface area contributed by atoms with Crippen LogP contribution < -0.4 is 10.5 Å². The van der Waals surface area contributed by atoms with E-state index in [-0.39, 0.29) is 18.3 Å². The molecule has 0 radical (unpaired) electrons. The van der Waals surface area contributed by atoms with Crippen molar-refractivity contribution in [3.63, 3.8) is 0 Å². The van der Waals surface area contributed by atoms with Crippen LogP contribution in [0.5, 0.6) is 5.75 Å². The van der Waals surface area contributed by atoms with E-state index < -0.39 is 0 Å². The fourth-order valence-corrected chi connectivity index (χ4v) is 2.37. The number of nitrogens with two attached hydrogens (primary N) is 1. The molecule has 126 valence electrons. The van der Waals surface area contributed by atoms with E-state index >= 15 is 0 Å². The van der Waals surface area contributed by atoms with E-state index in [9.17, 15) is 4.79 Å². The van der Waals surface area contributed by atoms with Gasteiger partial charge < -0.3 is 15.4 Å². The van der Waals surface area contributed by atoms with E-state index in [1.165, 1.54) is 0 Å². The number of halogens is 2. The van der Waals surface area contributed by atoms with Gasteiger partial charge in [0.15, 0.2) is 0 Å². The van der Waals surface area contributed by atoms with Gasteiger partial charge in [0, 0.05) is 30.6 Å². The number of methoxy groups -OCH3 is 1. The maximum Gasteiger partial charge on any atom is 0.222 e. The second-order valence-electron chi connectivity index (χ2n) is 5.16. The molecule has 0 unspecified atom stereocenters. The third kappa shape index (κ3) is 7.34. The molecule has 1 rings (SSSR count). The van der Waals surface area contributed by atoms with Crippen molar-refractivity contribution in [3.05, 3.63) is 28.8 Å². The predicted octanol–water partition coefficient (Wildman–Crippen LogP) is 3.64. The Bertz CT molecular complexity index is 456. The van der Waals surface area contributed by atoms with Crippen molar-refractivity contribution < 1.29 is 9.53 Å². The summed E-state index contributed by atoms with van der Waals surface area (Å²) in [7, 11) is 3.43. The average Bonchev–Trinajstić information content (AvgIpc) is 2.47. The first kappa shape index (κ1) is 21.0. The second-order valence-corrected chi connectivity index (χ2v) is 5.60. The number of carbonyl (C=O) groups is 1. The fraction of sp³-hybridized carbons (Fsp3) is 0.562. The Morgan fingerprint density at radius 2 is 1.95 bits per heavy atom. The molecule has 1 aromatic carbocycles. The summed E-state index contributed by atoms with van der Waals surface area (Å²) in [6.07, 6.45) is 4.66. The monoisotopic (exact) mass is 348 g/mol. The van der Waals surface area contributed by atoms with Crippen molar-refractivity contribution in [3.8, 4) is 5.75 Å². The molecule has 1 aromatic rings. The molecule has 1 amide bonds. The first-order valence-corrected chi connectivity index (χ1v) is 7.72. The predicted molar refractivity (Wildman–Crippen MR) is 93.9 cm³/mol. The number of rotatable bonds is 9. The highest BCUT2D eigenvalue weighted by molar-refractivity contribution is 6.30. The molecule has 0 saturated carbocycles. The van der Waals surface area contributed by atoms with Crippen molar-refractivity contribution in [2.75, 3.05) is 20.7 Å². The highest BCUT2D eigenvalue weighted by Gasteiger charge is 2.12. The molecule has 0 spiro atoms. The zero-order valence-corrected chi connectivity index (χ0v) is 14.9. The maximum atomic E-state index is 12.1. The van der Waals surface area contributed by atoms with Crippen LogP contribution in [-0.2, 0) is 11.3 Å². The second kappa shape index (κ2) is 11.6. The van der Waals surface area contributed by atoms with Gasteiger partial charge in [0.25, 0.3) is 0 Å². The summed E-state index contributed by atoms with van der Waals surface area (Å²) in [5.74, 6) is 0.895. The van der Waals surface area contributed by atoms with E-state index in [2.05, 4.69) is 0 Å². The van der Waals surface area contributed by atoms with Crippen LogP contribution >= 0.6 is 24.0 Å². The number of carbonyl (C=O) groups excluding carboxylic acids is 1. The van der Waals surface area contributed by atoms with E-state index in [1.54, 1.807) is 18.1 Å². The van der Waals surface area contributed by atoms with Gasteiger partial charge in [-0.3, -0.25) is 4.79 Å². The van der Waals surface area contributed by atoms with Gasteiger partial charge in [-0.1, -0.05) is 24.4 Å². The summed E-state index contributed by atoms with van der Waals surface area (Å²) in [4.78, 5) is 13.8. The summed E-state index contributed by atoms with van der Waals surface area (Å²) in [5.41, 5.74) is 6.37. The summed E-state index contributed by atoms with van der Waals surface area (Å²) in [6.45, 7) is 1.23. The lowest BCUT2D eigenvalue weighted by atomic mass is 10.1. The Labute approximate surface area is 144 Å². The third-order valence-corrected chi connectivity index (χ3v) is 3.66. The van der Waals surface area contributed by atoms with Crippen LogP contribution in [0, 0.1) is 0 Å². The zero-order valence-electron chi connectivity index (χ0n) is 13.3. The van der Waals surface area contributed by atoms with Crippen molar-refractivity contribution >= 4 is 29.9 Å². The van der Waals surface area contributed by atoms with E-state index in [0.29, 0.717) is 18.0 Å². The largest absolute Gasteiger partial charge is 0.496 e. The average molecular weight is 349 g/mol. The third-order valence-electron chi connectivity index (χ3n) is 3.42. The van der Waals surface area contributed by atoms with Crippen LogP contribution in [0.25, 0.3) is 0 Å². The summed E-state index contributed by atoms with van der Waals surface area (Å²) < 4.78 is 5.30. The van der Waals surface area contributed by atoms with Gasteiger partial charge in [-0.2, -0.15) is 0 Å². The maximum absolute atomic E-state index is 12.1. The molecule has 0 aliphatic rings. The molecule has 0 saturated heterocycles. The van der Waals surface area contributed by atoms with Gasteiger partial charge in [-0.25, -0.2) is 0 Å². The number of hydrogen-bond acceptors (Lipinski definition) is 3. The minimum absolute atomic E-state index is 0. The molecule has 0 fully saturated rings. The van der Waals surface area contributed by atoms with E-state index in [0.717, 1.165) is 43.5 Å². The van der Waals surface area contributed by atoms with Crippen molar-refractivity contribution in [2.24, 2.45) is 5.73 Å². The Kier molecular flexibility index (Phi) is 11.1. The van der Waals surface area contributed by atoms with Crippen LogP contribution in [0.2, 0.25) is 5.02 Å². The Balaban J connectivity index is 0.00000441. The first-order chi connectivity index (χ1) is 10.1. The normalized spacial score (nSPS) is 10.0. The molecule has 4 nitrogen and oxygen atoms in total. The number of amides is 1. The van der Waals surface area contributed by atoms with E-state index in [1.807, 2.05) is 19.2 Å². The molecule has 0 bridgehead atoms. The molecule has 22 heavy (non-hydrogen) atoms. The molecule has 2 N–H and O–H groups in total. The molecule has 0 atom stereocenters. The summed E-state index contributed by atoms with van der Waals surface area (Å²) in [6, 6.07) is 5.44. The Morgan fingerprint density at radius 1 is 1.27 bits per heavy atom. The fourth-order valence-electron chi connectivity index (χ4n) is 2.18. The first-order valence-electron chi connectivity index (χ1n) is 7.35. The lowest BCUT2D eigenvalue weighted by Crippen LogP contribution is -2.26. The van der Waals surface area contributed by atoms with Gasteiger partial charge in [0.2, 0.25) is 5.91 Å². The van der Waals surface area contributed by atoms with Gasteiger partial charge in [-0.15, -0.1) is 12.4 Å². The Hall–Kier alpha value is -0.970. The van der Waals surface area contributed by atoms with Crippen molar-refractivity contribution in [1.82, 2.24) is 4.90 Å². The lowest BCUT2D eigenvalue weighted by molar-refractivity contribution is -0.130. The Morgan fingerprint density at radius 3 is 2.59 bits per heavy atom. The number of hydrogen-bond donors (Lipinski definition) is 1. The van der Waals surface area contributed by atoms with E-state index in [4.69, 9.17) is 22.1 Å². The minimum Gasteiger partial charge on any atom is -0.496 e. The van der Waals surface area contributed by atoms with Gasteiger partial charge >= 0.3 is 0 Å². The number of benzene rings is 1. The molecule has 0 aromatic heterocycles. The topological polar surface area (TPSA) is 55.6 Å². The van der Waals surface area contributed by atoms with Crippen LogP contribution in [0.15, 0.2) is 18.2 Å². The number of ether oxygens (including phenoxy) is 1. The molecule has 6 heteroatoms.